The summed E-state index contributed by atoms with van der Waals surface area (Å²) in [6, 6.07) is 15.5. The fraction of sp³-hybridized carbons (Fsp3) is 0.222. The second kappa shape index (κ2) is 11.6. The molecule has 0 aliphatic rings. The second-order valence-corrected chi connectivity index (χ2v) is 8.57. The average Bonchev–Trinajstić information content (AvgIpc) is 3.56. The zero-order chi connectivity index (χ0) is 27.2. The van der Waals surface area contributed by atoms with E-state index in [9.17, 15) is 10.1 Å². The summed E-state index contributed by atoms with van der Waals surface area (Å²) >= 11 is 0. The van der Waals surface area contributed by atoms with Crippen LogP contribution in [0.5, 0.6) is 11.5 Å². The standard InChI is InChI=1S/C27H27N7O5/c1-32-18-21(20-5-3-4-6-23(20)32)22-9-10-28-26(31-22)30-19-7-8-24(37-2)25(17-19)39-16-15-38-14-13-33-12-11-29-27(33)34(35)36/h3-12,17-18H,13-16H2,1-2H3,(H,28,30,31). The molecule has 0 saturated carbocycles. The second-order valence-electron chi connectivity index (χ2n) is 8.57. The van der Waals surface area contributed by atoms with Gasteiger partial charge in [0.1, 0.15) is 19.0 Å². The minimum absolute atomic E-state index is 0.212. The van der Waals surface area contributed by atoms with Crippen molar-refractivity contribution in [1.82, 2.24) is 24.1 Å². The van der Waals surface area contributed by atoms with E-state index in [0.717, 1.165) is 27.8 Å². The largest absolute Gasteiger partial charge is 0.493 e. The molecule has 0 fully saturated rings. The Morgan fingerprint density at radius 2 is 1.90 bits per heavy atom. The fourth-order valence-electron chi connectivity index (χ4n) is 4.23. The van der Waals surface area contributed by atoms with Crippen molar-refractivity contribution in [2.24, 2.45) is 7.05 Å². The molecule has 0 atom stereocenters. The molecule has 0 aliphatic heterocycles. The van der Waals surface area contributed by atoms with Gasteiger partial charge in [-0.1, -0.05) is 23.2 Å². The Balaban J connectivity index is 1.21. The van der Waals surface area contributed by atoms with Crippen molar-refractivity contribution in [3.63, 3.8) is 0 Å². The van der Waals surface area contributed by atoms with Crippen LogP contribution in [0.15, 0.2) is 73.3 Å². The van der Waals surface area contributed by atoms with Crippen molar-refractivity contribution < 1.29 is 19.1 Å². The van der Waals surface area contributed by atoms with Crippen LogP contribution >= 0.6 is 0 Å². The molecule has 39 heavy (non-hydrogen) atoms. The fourth-order valence-corrected chi connectivity index (χ4v) is 4.23. The van der Waals surface area contributed by atoms with Gasteiger partial charge in [-0.05, 0) is 29.2 Å². The van der Waals surface area contributed by atoms with Crippen LogP contribution in [-0.4, -0.2) is 55.9 Å². The number of hydrogen-bond donors (Lipinski definition) is 1. The van der Waals surface area contributed by atoms with Gasteiger partial charge in [0.2, 0.25) is 5.95 Å². The van der Waals surface area contributed by atoms with Crippen molar-refractivity contribution in [3.05, 3.63) is 83.4 Å². The van der Waals surface area contributed by atoms with Gasteiger partial charge in [-0.25, -0.2) is 14.5 Å². The van der Waals surface area contributed by atoms with E-state index in [0.29, 0.717) is 30.6 Å². The zero-order valence-corrected chi connectivity index (χ0v) is 21.5. The van der Waals surface area contributed by atoms with Gasteiger partial charge >= 0.3 is 5.95 Å². The summed E-state index contributed by atoms with van der Waals surface area (Å²) in [6.07, 6.45) is 6.72. The number of nitrogens with one attached hydrogen (secondary N) is 1. The van der Waals surface area contributed by atoms with Crippen LogP contribution in [0.2, 0.25) is 0 Å². The summed E-state index contributed by atoms with van der Waals surface area (Å²) in [5.41, 5.74) is 3.70. The van der Waals surface area contributed by atoms with Crippen LogP contribution in [0.4, 0.5) is 17.6 Å². The maximum atomic E-state index is 10.9. The molecule has 5 aromatic rings. The number of hydrogen-bond acceptors (Lipinski definition) is 9. The third-order valence-corrected chi connectivity index (χ3v) is 6.07. The zero-order valence-electron chi connectivity index (χ0n) is 21.5. The van der Waals surface area contributed by atoms with E-state index in [1.807, 2.05) is 37.4 Å². The number of benzene rings is 2. The van der Waals surface area contributed by atoms with Gasteiger partial charge in [0.25, 0.3) is 0 Å². The number of aromatic nitrogens is 5. The molecular formula is C27H27N7O5. The molecule has 12 heteroatoms. The maximum Gasteiger partial charge on any atom is 0.434 e. The molecule has 5 rings (SSSR count). The number of ether oxygens (including phenoxy) is 3. The summed E-state index contributed by atoms with van der Waals surface area (Å²) in [4.78, 5) is 23.2. The molecule has 0 spiro atoms. The van der Waals surface area contributed by atoms with Crippen LogP contribution in [0.1, 0.15) is 0 Å². The van der Waals surface area contributed by atoms with Crippen molar-refractivity contribution in [3.8, 4) is 22.8 Å². The molecule has 200 valence electrons. The molecular weight excluding hydrogens is 502 g/mol. The molecule has 0 unspecified atom stereocenters. The van der Waals surface area contributed by atoms with Gasteiger partial charge in [0, 0.05) is 47.7 Å². The number of fused-ring (bicyclic) bond motifs is 1. The maximum absolute atomic E-state index is 10.9. The highest BCUT2D eigenvalue weighted by Crippen LogP contribution is 2.32. The van der Waals surface area contributed by atoms with E-state index >= 15 is 0 Å². The van der Waals surface area contributed by atoms with Gasteiger partial charge < -0.3 is 34.2 Å². The minimum Gasteiger partial charge on any atom is -0.493 e. The number of imidazole rings is 1. The van der Waals surface area contributed by atoms with E-state index in [1.165, 1.54) is 10.8 Å². The van der Waals surface area contributed by atoms with Crippen LogP contribution < -0.4 is 14.8 Å². The van der Waals surface area contributed by atoms with E-state index in [2.05, 4.69) is 38.2 Å². The molecule has 0 radical (unpaired) electrons. The number of methoxy groups -OCH3 is 1. The lowest BCUT2D eigenvalue weighted by Gasteiger charge is -2.13. The molecule has 0 amide bonds. The minimum atomic E-state index is -0.526. The molecule has 0 saturated heterocycles. The van der Waals surface area contributed by atoms with Gasteiger partial charge in [-0.2, -0.15) is 0 Å². The predicted octanol–water partition coefficient (Wildman–Crippen LogP) is 4.59. The van der Waals surface area contributed by atoms with Gasteiger partial charge in [-0.15, -0.1) is 0 Å². The normalized spacial score (nSPS) is 11.0. The summed E-state index contributed by atoms with van der Waals surface area (Å²) < 4.78 is 20.4. The first-order valence-electron chi connectivity index (χ1n) is 12.2. The number of nitrogens with zero attached hydrogens (tertiary/aromatic N) is 6. The summed E-state index contributed by atoms with van der Waals surface area (Å²) in [5, 5.41) is 15.3. The monoisotopic (exact) mass is 529 g/mol. The van der Waals surface area contributed by atoms with Gasteiger partial charge in [-0.3, -0.25) is 0 Å². The predicted molar refractivity (Wildman–Crippen MR) is 145 cm³/mol. The number of rotatable bonds is 12. The lowest BCUT2D eigenvalue weighted by molar-refractivity contribution is -0.396. The van der Waals surface area contributed by atoms with E-state index in [-0.39, 0.29) is 19.2 Å². The first kappa shape index (κ1) is 25.7. The van der Waals surface area contributed by atoms with Gasteiger partial charge in [0.05, 0.1) is 32.6 Å². The quantitative estimate of drug-likeness (QED) is 0.140. The molecule has 3 aromatic heterocycles. The van der Waals surface area contributed by atoms with Gasteiger partial charge in [0.15, 0.2) is 11.5 Å². The first-order chi connectivity index (χ1) is 19.0. The summed E-state index contributed by atoms with van der Waals surface area (Å²) in [6.45, 7) is 1.15. The van der Waals surface area contributed by atoms with E-state index in [1.54, 1.807) is 25.6 Å². The van der Waals surface area contributed by atoms with E-state index in [4.69, 9.17) is 19.2 Å². The molecule has 2 aromatic carbocycles. The summed E-state index contributed by atoms with van der Waals surface area (Å²) in [7, 11) is 3.59. The van der Waals surface area contributed by atoms with E-state index < -0.39 is 4.92 Å². The first-order valence-corrected chi connectivity index (χ1v) is 12.2. The Bertz CT molecular complexity index is 1600. The molecule has 12 nitrogen and oxygen atoms in total. The number of para-hydroxylation sites is 1. The Hall–Kier alpha value is -4.97. The molecule has 3 heterocycles. The van der Waals surface area contributed by atoms with Crippen LogP contribution in [0, 0.1) is 10.1 Å². The Labute approximate surface area is 224 Å². The van der Waals surface area contributed by atoms with Crippen LogP contribution in [0.25, 0.3) is 22.2 Å². The summed E-state index contributed by atoms with van der Waals surface area (Å²) in [5.74, 6) is 1.34. The van der Waals surface area contributed by atoms with Crippen molar-refractivity contribution in [1.29, 1.82) is 0 Å². The SMILES string of the molecule is COc1ccc(Nc2nccc(-c3cn(C)c4ccccc34)n2)cc1OCCOCCn1ccnc1[N+](=O)[O-]. The van der Waals surface area contributed by atoms with Crippen LogP contribution in [-0.2, 0) is 18.3 Å². The molecule has 1 N–H and O–H groups in total. The lowest BCUT2D eigenvalue weighted by Crippen LogP contribution is -2.12. The average molecular weight is 530 g/mol. The highest BCUT2D eigenvalue weighted by atomic mass is 16.6. The Morgan fingerprint density at radius 3 is 2.74 bits per heavy atom. The van der Waals surface area contributed by atoms with Crippen molar-refractivity contribution >= 4 is 28.5 Å². The van der Waals surface area contributed by atoms with Crippen molar-refractivity contribution in [2.75, 3.05) is 32.2 Å². The molecule has 0 aliphatic carbocycles. The molecule has 0 bridgehead atoms. The Morgan fingerprint density at radius 1 is 1.03 bits per heavy atom. The third kappa shape index (κ3) is 5.80. The highest BCUT2D eigenvalue weighted by Gasteiger charge is 2.14. The topological polar surface area (TPSA) is 131 Å². The Kier molecular flexibility index (Phi) is 7.64. The number of anilines is 2. The van der Waals surface area contributed by atoms with Crippen LogP contribution in [0.3, 0.4) is 0 Å². The highest BCUT2D eigenvalue weighted by molar-refractivity contribution is 5.95. The number of aryl methyl sites for hydroxylation is 1. The van der Waals surface area contributed by atoms with Crippen molar-refractivity contribution in [2.45, 2.75) is 6.54 Å². The number of nitro groups is 1. The smallest absolute Gasteiger partial charge is 0.434 e. The third-order valence-electron chi connectivity index (χ3n) is 6.07. The lowest BCUT2D eigenvalue weighted by atomic mass is 10.1.